The van der Waals surface area contributed by atoms with Gasteiger partial charge in [-0.25, -0.2) is 4.98 Å². The highest BCUT2D eigenvalue weighted by molar-refractivity contribution is 7.21. The van der Waals surface area contributed by atoms with Crippen molar-refractivity contribution < 1.29 is 4.79 Å². The lowest BCUT2D eigenvalue weighted by Gasteiger charge is -2.27. The van der Waals surface area contributed by atoms with Gasteiger partial charge in [-0.3, -0.25) is 14.5 Å². The summed E-state index contributed by atoms with van der Waals surface area (Å²) in [6.07, 6.45) is 0.882. The molecule has 0 saturated heterocycles. The van der Waals surface area contributed by atoms with Crippen LogP contribution >= 0.6 is 11.3 Å². The van der Waals surface area contributed by atoms with E-state index in [-0.39, 0.29) is 17.5 Å². The number of nitrogens with zero attached hydrogens (tertiary/aromatic N) is 2. The van der Waals surface area contributed by atoms with Crippen molar-refractivity contribution in [2.24, 2.45) is 0 Å². The smallest absolute Gasteiger partial charge is 0.259 e. The van der Waals surface area contributed by atoms with E-state index in [1.165, 1.54) is 11.3 Å². The summed E-state index contributed by atoms with van der Waals surface area (Å²) in [5.74, 6) is 0.479. The molecule has 1 unspecified atom stereocenters. The summed E-state index contributed by atoms with van der Waals surface area (Å²) in [5, 5.41) is 3.55. The zero-order valence-electron chi connectivity index (χ0n) is 18.2. The molecule has 0 fully saturated rings. The van der Waals surface area contributed by atoms with E-state index in [1.807, 2.05) is 78.6 Å². The monoisotopic (exact) mass is 446 g/mol. The van der Waals surface area contributed by atoms with Crippen molar-refractivity contribution >= 4 is 33.1 Å². The lowest BCUT2D eigenvalue weighted by Crippen LogP contribution is -2.42. The van der Waals surface area contributed by atoms with Crippen LogP contribution in [0.4, 0.5) is 5.69 Å². The molecule has 0 spiro atoms. The van der Waals surface area contributed by atoms with E-state index in [0.29, 0.717) is 29.1 Å². The lowest BCUT2D eigenvalue weighted by molar-refractivity contribution is -0.121. The number of hydrogen-bond acceptors (Lipinski definition) is 5. The number of hydrogen-bond donors (Lipinski definition) is 2. The van der Waals surface area contributed by atoms with Crippen LogP contribution in [-0.2, 0) is 11.3 Å². The van der Waals surface area contributed by atoms with Gasteiger partial charge in [0.1, 0.15) is 10.7 Å². The highest BCUT2D eigenvalue weighted by Crippen LogP contribution is 2.30. The Bertz CT molecular complexity index is 1250. The zero-order valence-corrected chi connectivity index (χ0v) is 19.0. The summed E-state index contributed by atoms with van der Waals surface area (Å²) < 4.78 is 0. The lowest BCUT2D eigenvalue weighted by atomic mass is 10.2. The minimum absolute atomic E-state index is 0.0874. The number of aromatic nitrogens is 2. The molecule has 4 aromatic rings. The van der Waals surface area contributed by atoms with E-state index in [0.717, 1.165) is 22.5 Å². The van der Waals surface area contributed by atoms with Crippen molar-refractivity contribution in [3.63, 3.8) is 0 Å². The van der Waals surface area contributed by atoms with Gasteiger partial charge in [0, 0.05) is 10.6 Å². The van der Waals surface area contributed by atoms with E-state index >= 15 is 0 Å². The first-order chi connectivity index (χ1) is 15.5. The van der Waals surface area contributed by atoms with Crippen LogP contribution in [0.25, 0.3) is 20.7 Å². The zero-order chi connectivity index (χ0) is 22.5. The minimum Gasteiger partial charge on any atom is -0.325 e. The molecule has 164 valence electrons. The maximum absolute atomic E-state index is 12.8. The van der Waals surface area contributed by atoms with Gasteiger partial charge in [-0.1, -0.05) is 55.5 Å². The fourth-order valence-electron chi connectivity index (χ4n) is 3.62. The summed E-state index contributed by atoms with van der Waals surface area (Å²) in [5.41, 5.74) is 1.68. The number of para-hydroxylation sites is 1. The minimum atomic E-state index is -0.376. The van der Waals surface area contributed by atoms with Gasteiger partial charge in [0.15, 0.2) is 0 Å². The quantitative estimate of drug-likeness (QED) is 0.404. The molecule has 4 rings (SSSR count). The van der Waals surface area contributed by atoms with Crippen LogP contribution in [0.1, 0.15) is 26.1 Å². The van der Waals surface area contributed by atoms with E-state index in [9.17, 15) is 9.59 Å². The number of nitrogens with one attached hydrogen (secondary N) is 2. The molecule has 0 saturated carbocycles. The Morgan fingerprint density at radius 2 is 1.81 bits per heavy atom. The van der Waals surface area contributed by atoms with E-state index in [1.54, 1.807) is 0 Å². The number of fused-ring (bicyclic) bond motifs is 1. The number of aromatic amines is 1. The maximum atomic E-state index is 12.8. The van der Waals surface area contributed by atoms with Crippen LogP contribution in [0.5, 0.6) is 0 Å². The fourth-order valence-corrected chi connectivity index (χ4v) is 4.68. The van der Waals surface area contributed by atoms with E-state index in [2.05, 4.69) is 17.2 Å². The van der Waals surface area contributed by atoms with Crippen LogP contribution in [0, 0.1) is 0 Å². The highest BCUT2D eigenvalue weighted by Gasteiger charge is 2.22. The number of H-pyrrole nitrogens is 1. The van der Waals surface area contributed by atoms with Gasteiger partial charge in [0.2, 0.25) is 5.91 Å². The van der Waals surface area contributed by atoms with E-state index < -0.39 is 0 Å². The van der Waals surface area contributed by atoms with Gasteiger partial charge in [-0.2, -0.15) is 0 Å². The molecule has 2 aromatic carbocycles. The van der Waals surface area contributed by atoms with Gasteiger partial charge < -0.3 is 10.3 Å². The average molecular weight is 447 g/mol. The summed E-state index contributed by atoms with van der Waals surface area (Å²) >= 11 is 1.51. The molecule has 1 atom stereocenters. The second-order valence-corrected chi connectivity index (χ2v) is 8.74. The van der Waals surface area contributed by atoms with Crippen molar-refractivity contribution in [1.29, 1.82) is 0 Å². The largest absolute Gasteiger partial charge is 0.325 e. The highest BCUT2D eigenvalue weighted by atomic mass is 32.1. The summed E-state index contributed by atoms with van der Waals surface area (Å²) in [6, 6.07) is 20.9. The van der Waals surface area contributed by atoms with Gasteiger partial charge in [0.25, 0.3) is 5.56 Å². The van der Waals surface area contributed by atoms with Gasteiger partial charge in [-0.15, -0.1) is 11.3 Å². The molecule has 0 aliphatic carbocycles. The Morgan fingerprint density at radius 1 is 1.12 bits per heavy atom. The molecule has 0 radical (unpaired) electrons. The van der Waals surface area contributed by atoms with Crippen LogP contribution in [-0.4, -0.2) is 33.4 Å². The topological polar surface area (TPSA) is 78.1 Å². The maximum Gasteiger partial charge on any atom is 0.259 e. The Labute approximate surface area is 190 Å². The summed E-state index contributed by atoms with van der Waals surface area (Å²) in [4.78, 5) is 36.9. The van der Waals surface area contributed by atoms with Gasteiger partial charge >= 0.3 is 0 Å². The predicted octanol–water partition coefficient (Wildman–Crippen LogP) is 4.89. The first-order valence-electron chi connectivity index (χ1n) is 10.7. The first kappa shape index (κ1) is 21.9. The third-order valence-corrected chi connectivity index (χ3v) is 6.42. The second-order valence-electron chi connectivity index (χ2n) is 7.71. The molecule has 0 aliphatic rings. The number of thiophene rings is 1. The molecule has 2 aromatic heterocycles. The molecule has 6 nitrogen and oxygen atoms in total. The van der Waals surface area contributed by atoms with E-state index in [4.69, 9.17) is 4.98 Å². The molecule has 2 heterocycles. The predicted molar refractivity (Wildman–Crippen MR) is 131 cm³/mol. The Kier molecular flexibility index (Phi) is 6.78. The third-order valence-electron chi connectivity index (χ3n) is 5.34. The van der Waals surface area contributed by atoms with Crippen molar-refractivity contribution in [2.75, 3.05) is 11.9 Å². The molecular formula is C25H26N4O2S. The molecule has 0 bridgehead atoms. The normalized spacial score (nSPS) is 12.2. The number of amides is 1. The van der Waals surface area contributed by atoms with Crippen molar-refractivity contribution in [3.05, 3.63) is 82.9 Å². The second kappa shape index (κ2) is 9.89. The van der Waals surface area contributed by atoms with Crippen molar-refractivity contribution in [1.82, 2.24) is 14.9 Å². The number of rotatable bonds is 8. The molecular weight excluding hydrogens is 420 g/mol. The molecule has 1 amide bonds. The molecule has 0 aliphatic heterocycles. The average Bonchev–Trinajstić information content (AvgIpc) is 3.24. The molecule has 32 heavy (non-hydrogen) atoms. The van der Waals surface area contributed by atoms with Crippen LogP contribution in [0.15, 0.2) is 71.5 Å². The first-order valence-corrected chi connectivity index (χ1v) is 11.5. The third kappa shape index (κ3) is 4.95. The SMILES string of the molecule is CCCN(Cc1nc2sc(-c3ccccc3)cc2c(=O)[nH]1)C(C)C(=O)Nc1ccccc1. The number of anilines is 1. The summed E-state index contributed by atoms with van der Waals surface area (Å²) in [7, 11) is 0. The van der Waals surface area contributed by atoms with Crippen molar-refractivity contribution in [2.45, 2.75) is 32.9 Å². The molecule has 2 N–H and O–H groups in total. The van der Waals surface area contributed by atoms with Crippen LogP contribution in [0.3, 0.4) is 0 Å². The van der Waals surface area contributed by atoms with Crippen LogP contribution in [0.2, 0.25) is 0 Å². The summed E-state index contributed by atoms with van der Waals surface area (Å²) in [6.45, 7) is 5.05. The number of carbonyl (C=O) groups is 1. The van der Waals surface area contributed by atoms with Gasteiger partial charge in [-0.05, 0) is 43.7 Å². The van der Waals surface area contributed by atoms with Crippen LogP contribution < -0.4 is 10.9 Å². The van der Waals surface area contributed by atoms with Crippen molar-refractivity contribution in [3.8, 4) is 10.4 Å². The fraction of sp³-hybridized carbons (Fsp3) is 0.240. The Hall–Kier alpha value is -3.29. The number of benzene rings is 2. The standard InChI is InChI=1S/C25H26N4O2S/c1-3-14-29(17(2)23(30)26-19-12-8-5-9-13-19)16-22-27-24(31)20-15-21(32-25(20)28-22)18-10-6-4-7-11-18/h4-13,15,17H,3,14,16H2,1-2H3,(H,26,30)(H,27,28,31). The van der Waals surface area contributed by atoms with Gasteiger partial charge in [0.05, 0.1) is 18.0 Å². The Balaban J connectivity index is 1.56. The Morgan fingerprint density at radius 3 is 2.50 bits per heavy atom. The molecule has 7 heteroatoms. The number of carbonyl (C=O) groups excluding carboxylic acids is 1.